The van der Waals surface area contributed by atoms with Crippen molar-refractivity contribution >= 4 is 15.9 Å². The lowest BCUT2D eigenvalue weighted by molar-refractivity contribution is 0.134. The van der Waals surface area contributed by atoms with E-state index >= 15 is 0 Å². The maximum absolute atomic E-state index is 12.7. The molecule has 0 fully saturated rings. The number of benzene rings is 1. The number of hydrogen-bond donors (Lipinski definition) is 0. The molecule has 0 bridgehead atoms. The summed E-state index contributed by atoms with van der Waals surface area (Å²) in [4.78, 5) is 0. The van der Waals surface area contributed by atoms with Crippen LogP contribution in [0, 0.1) is 11.7 Å². The third-order valence-electron chi connectivity index (χ3n) is 2.53. The van der Waals surface area contributed by atoms with Crippen LogP contribution in [0.4, 0.5) is 4.39 Å². The van der Waals surface area contributed by atoms with E-state index in [4.69, 9.17) is 4.74 Å². The molecule has 1 atom stereocenters. The number of rotatable bonds is 7. The van der Waals surface area contributed by atoms with Gasteiger partial charge < -0.3 is 4.74 Å². The van der Waals surface area contributed by atoms with Gasteiger partial charge >= 0.3 is 0 Å². The number of halogens is 2. The second-order valence-electron chi connectivity index (χ2n) is 3.84. The largest absolute Gasteiger partial charge is 0.382 e. The molecule has 0 aromatic heterocycles. The van der Waals surface area contributed by atoms with Crippen LogP contribution in [0.15, 0.2) is 24.3 Å². The third-order valence-corrected chi connectivity index (χ3v) is 3.45. The van der Waals surface area contributed by atoms with Crippen molar-refractivity contribution < 1.29 is 9.13 Å². The molecular weight excluding hydrogens is 271 g/mol. The van der Waals surface area contributed by atoms with Crippen LogP contribution in [0.25, 0.3) is 0 Å². The Morgan fingerprint density at radius 1 is 1.31 bits per heavy atom. The van der Waals surface area contributed by atoms with Gasteiger partial charge in [0.05, 0.1) is 0 Å². The maximum Gasteiger partial charge on any atom is 0.123 e. The summed E-state index contributed by atoms with van der Waals surface area (Å²) < 4.78 is 18.1. The monoisotopic (exact) mass is 288 g/mol. The fourth-order valence-electron chi connectivity index (χ4n) is 1.58. The van der Waals surface area contributed by atoms with Gasteiger partial charge in [0.1, 0.15) is 5.82 Å². The highest BCUT2D eigenvalue weighted by molar-refractivity contribution is 9.09. The van der Waals surface area contributed by atoms with E-state index in [1.54, 1.807) is 0 Å². The van der Waals surface area contributed by atoms with E-state index in [0.29, 0.717) is 5.92 Å². The summed E-state index contributed by atoms with van der Waals surface area (Å²) in [6.07, 6.45) is 2.01. The van der Waals surface area contributed by atoms with Gasteiger partial charge in [-0.05, 0) is 43.4 Å². The molecule has 1 aromatic carbocycles. The molecule has 0 saturated heterocycles. The van der Waals surface area contributed by atoms with Crippen molar-refractivity contribution in [3.05, 3.63) is 35.6 Å². The minimum Gasteiger partial charge on any atom is -0.382 e. The molecule has 0 aliphatic carbocycles. The fourth-order valence-corrected chi connectivity index (χ4v) is 2.13. The predicted octanol–water partition coefficient (Wildman–Crippen LogP) is 3.81. The van der Waals surface area contributed by atoms with Gasteiger partial charge in [0, 0.05) is 18.5 Å². The van der Waals surface area contributed by atoms with Crippen LogP contribution >= 0.6 is 15.9 Å². The average Bonchev–Trinajstić information content (AvgIpc) is 2.31. The lowest BCUT2D eigenvalue weighted by Gasteiger charge is -2.13. The molecule has 0 aliphatic rings. The van der Waals surface area contributed by atoms with Crippen molar-refractivity contribution in [1.82, 2.24) is 0 Å². The smallest absolute Gasteiger partial charge is 0.123 e. The highest BCUT2D eigenvalue weighted by Crippen LogP contribution is 2.15. The van der Waals surface area contributed by atoms with Gasteiger partial charge in [0.25, 0.3) is 0 Å². The first-order chi connectivity index (χ1) is 7.76. The molecule has 3 heteroatoms. The lowest BCUT2D eigenvalue weighted by atomic mass is 9.98. The summed E-state index contributed by atoms with van der Waals surface area (Å²) in [7, 11) is 0. The number of alkyl halides is 1. The Kier molecular flexibility index (Phi) is 6.65. The van der Waals surface area contributed by atoms with Crippen LogP contribution in [0.2, 0.25) is 0 Å². The van der Waals surface area contributed by atoms with Gasteiger partial charge in [-0.25, -0.2) is 4.39 Å². The molecule has 0 saturated carbocycles. The Balaban J connectivity index is 2.40. The van der Waals surface area contributed by atoms with E-state index in [-0.39, 0.29) is 5.82 Å². The Morgan fingerprint density at radius 3 is 2.56 bits per heavy atom. The Hall–Kier alpha value is -0.410. The van der Waals surface area contributed by atoms with Crippen LogP contribution in [-0.2, 0) is 11.2 Å². The first-order valence-electron chi connectivity index (χ1n) is 5.64. The minimum atomic E-state index is -0.173. The molecule has 0 aliphatic heterocycles. The zero-order valence-corrected chi connectivity index (χ0v) is 11.2. The van der Waals surface area contributed by atoms with E-state index in [2.05, 4.69) is 15.9 Å². The van der Waals surface area contributed by atoms with Crippen molar-refractivity contribution in [2.24, 2.45) is 5.92 Å². The van der Waals surface area contributed by atoms with Crippen LogP contribution in [0.1, 0.15) is 18.9 Å². The molecule has 90 valence electrons. The SMILES string of the molecule is CCOCCC(CBr)Cc1ccc(F)cc1. The van der Waals surface area contributed by atoms with E-state index in [1.807, 2.05) is 19.1 Å². The molecule has 1 nitrogen and oxygen atoms in total. The molecule has 1 rings (SSSR count). The number of hydrogen-bond acceptors (Lipinski definition) is 1. The summed E-state index contributed by atoms with van der Waals surface area (Å²) in [5.41, 5.74) is 1.18. The molecule has 1 unspecified atom stereocenters. The molecule has 1 aromatic rings. The van der Waals surface area contributed by atoms with Gasteiger partial charge in [-0.15, -0.1) is 0 Å². The van der Waals surface area contributed by atoms with Crippen molar-refractivity contribution in [3.8, 4) is 0 Å². The summed E-state index contributed by atoms with van der Waals surface area (Å²) in [6, 6.07) is 6.74. The Bertz CT molecular complexity index is 286. The summed E-state index contributed by atoms with van der Waals surface area (Å²) in [6.45, 7) is 3.57. The minimum absolute atomic E-state index is 0.173. The van der Waals surface area contributed by atoms with Crippen molar-refractivity contribution in [3.63, 3.8) is 0 Å². The first-order valence-corrected chi connectivity index (χ1v) is 6.76. The fraction of sp³-hybridized carbons (Fsp3) is 0.538. The molecule has 0 spiro atoms. The predicted molar refractivity (Wildman–Crippen MR) is 68.5 cm³/mol. The van der Waals surface area contributed by atoms with E-state index in [0.717, 1.165) is 31.4 Å². The Morgan fingerprint density at radius 2 is 2.00 bits per heavy atom. The van der Waals surface area contributed by atoms with Gasteiger partial charge in [-0.3, -0.25) is 0 Å². The van der Waals surface area contributed by atoms with Gasteiger partial charge in [-0.2, -0.15) is 0 Å². The van der Waals surface area contributed by atoms with Crippen LogP contribution in [-0.4, -0.2) is 18.5 Å². The quantitative estimate of drug-likeness (QED) is 0.548. The molecule has 16 heavy (non-hydrogen) atoms. The second kappa shape index (κ2) is 7.80. The van der Waals surface area contributed by atoms with E-state index < -0.39 is 0 Å². The second-order valence-corrected chi connectivity index (χ2v) is 4.48. The number of ether oxygens (including phenoxy) is 1. The van der Waals surface area contributed by atoms with E-state index in [1.165, 1.54) is 17.7 Å². The zero-order valence-electron chi connectivity index (χ0n) is 9.59. The molecular formula is C13H18BrFO. The standard InChI is InChI=1S/C13H18BrFO/c1-2-16-8-7-12(10-14)9-11-3-5-13(15)6-4-11/h3-6,12H,2,7-10H2,1H3. The average molecular weight is 289 g/mol. The van der Waals surface area contributed by atoms with Crippen molar-refractivity contribution in [2.45, 2.75) is 19.8 Å². The molecule has 0 radical (unpaired) electrons. The van der Waals surface area contributed by atoms with Crippen molar-refractivity contribution in [2.75, 3.05) is 18.5 Å². The lowest BCUT2D eigenvalue weighted by Crippen LogP contribution is -2.10. The van der Waals surface area contributed by atoms with Crippen LogP contribution in [0.5, 0.6) is 0 Å². The van der Waals surface area contributed by atoms with Crippen LogP contribution in [0.3, 0.4) is 0 Å². The summed E-state index contributed by atoms with van der Waals surface area (Å²) in [5.74, 6) is 0.380. The first kappa shape index (κ1) is 13.7. The summed E-state index contributed by atoms with van der Waals surface area (Å²) >= 11 is 3.51. The zero-order chi connectivity index (χ0) is 11.8. The normalized spacial score (nSPS) is 12.7. The Labute approximate surface area is 105 Å². The van der Waals surface area contributed by atoms with Crippen LogP contribution < -0.4 is 0 Å². The van der Waals surface area contributed by atoms with E-state index in [9.17, 15) is 4.39 Å². The summed E-state index contributed by atoms with van der Waals surface area (Å²) in [5, 5.41) is 0.956. The molecule has 0 heterocycles. The maximum atomic E-state index is 12.7. The molecule has 0 amide bonds. The third kappa shape index (κ3) is 5.08. The molecule has 0 N–H and O–H groups in total. The highest BCUT2D eigenvalue weighted by atomic mass is 79.9. The topological polar surface area (TPSA) is 9.23 Å². The highest BCUT2D eigenvalue weighted by Gasteiger charge is 2.08. The van der Waals surface area contributed by atoms with Crippen molar-refractivity contribution in [1.29, 1.82) is 0 Å². The van der Waals surface area contributed by atoms with Gasteiger partial charge in [0.15, 0.2) is 0 Å². The van der Waals surface area contributed by atoms with Gasteiger partial charge in [-0.1, -0.05) is 28.1 Å². The van der Waals surface area contributed by atoms with Gasteiger partial charge in [0.2, 0.25) is 0 Å².